The Morgan fingerprint density at radius 1 is 1.09 bits per heavy atom. The van der Waals surface area contributed by atoms with E-state index in [9.17, 15) is 4.79 Å². The van der Waals surface area contributed by atoms with Crippen molar-refractivity contribution >= 4 is 27.8 Å². The topological polar surface area (TPSA) is 103 Å². The van der Waals surface area contributed by atoms with Crippen LogP contribution in [0.3, 0.4) is 0 Å². The maximum absolute atomic E-state index is 13.2. The average Bonchev–Trinajstić information content (AvgIpc) is 3.81. The third kappa shape index (κ3) is 4.44. The number of benzene rings is 1. The molecule has 1 N–H and O–H groups in total. The monoisotopic (exact) mass is 607 g/mol. The van der Waals surface area contributed by atoms with Crippen molar-refractivity contribution in [3.8, 4) is 22.4 Å². The summed E-state index contributed by atoms with van der Waals surface area (Å²) >= 11 is 0. The Labute approximate surface area is 262 Å². The van der Waals surface area contributed by atoms with E-state index in [1.807, 2.05) is 60.1 Å². The van der Waals surface area contributed by atoms with E-state index in [1.165, 1.54) is 11.1 Å². The van der Waals surface area contributed by atoms with Crippen LogP contribution < -0.4 is 0 Å². The number of rotatable bonds is 7. The maximum Gasteiger partial charge on any atom is 0.251 e. The van der Waals surface area contributed by atoms with E-state index in [2.05, 4.69) is 40.3 Å². The molecule has 8 rings (SSSR count). The molecule has 4 aromatic heterocycles. The molecule has 1 aliphatic carbocycles. The van der Waals surface area contributed by atoms with Gasteiger partial charge in [-0.05, 0) is 61.6 Å². The Balaban J connectivity index is 1.16. The van der Waals surface area contributed by atoms with Gasteiger partial charge in [-0.15, -0.1) is 0 Å². The van der Waals surface area contributed by atoms with Crippen LogP contribution in [0.25, 0.3) is 44.3 Å². The second-order valence-electron chi connectivity index (χ2n) is 13.4. The van der Waals surface area contributed by atoms with Gasteiger partial charge in [0.05, 0.1) is 35.8 Å². The fraction of sp³-hybridized carbons (Fsp3) is 0.486. The molecule has 1 aromatic carbocycles. The van der Waals surface area contributed by atoms with Gasteiger partial charge in [0.25, 0.3) is 5.91 Å². The third-order valence-corrected chi connectivity index (χ3v) is 10.5. The number of fused-ring (bicyclic) bond motifs is 5. The van der Waals surface area contributed by atoms with Crippen molar-refractivity contribution in [3.05, 3.63) is 54.1 Å². The fourth-order valence-electron chi connectivity index (χ4n) is 8.31. The van der Waals surface area contributed by atoms with Gasteiger partial charge in [-0.1, -0.05) is 19.9 Å². The lowest BCUT2D eigenvalue weighted by atomic mass is 9.53. The maximum atomic E-state index is 13.2. The molecule has 2 aliphatic heterocycles. The highest BCUT2D eigenvalue weighted by Crippen LogP contribution is 2.65. The molecule has 0 radical (unpaired) electrons. The first-order valence-corrected chi connectivity index (χ1v) is 16.3. The van der Waals surface area contributed by atoms with Gasteiger partial charge in [-0.3, -0.25) is 14.2 Å². The number of amides is 1. The van der Waals surface area contributed by atoms with Crippen LogP contribution in [0.15, 0.2) is 43.0 Å². The van der Waals surface area contributed by atoms with Crippen LogP contribution in [0, 0.1) is 5.41 Å². The van der Waals surface area contributed by atoms with Crippen molar-refractivity contribution in [2.45, 2.75) is 70.7 Å². The highest BCUT2D eigenvalue weighted by atomic mass is 16.5. The van der Waals surface area contributed by atoms with Crippen LogP contribution in [0.1, 0.15) is 63.5 Å². The molecule has 10 heteroatoms. The Kier molecular flexibility index (Phi) is 6.65. The van der Waals surface area contributed by atoms with Gasteiger partial charge in [0.15, 0.2) is 0 Å². The standard InChI is InChI=1S/C35H41N7O3/c1-5-13-44-27(6-2)33(43)42-11-9-34(10-12-42)20-35(21-34)30-25(19-45-35)15-36-32-29(30)28(31(39-32)24-17-37-40(3)18-24)22-7-8-26-23(14-22)16-38-41(26)4/h7-8,14-18,27H,5-6,9-13,19-21H2,1-4H3,(H,36,39)/t27-/m1/s1. The number of aryl methyl sites for hydroxylation is 2. The predicted molar refractivity (Wildman–Crippen MR) is 172 cm³/mol. The molecule has 234 valence electrons. The number of carbonyl (C=O) groups is 1. The summed E-state index contributed by atoms with van der Waals surface area (Å²) in [6.45, 7) is 6.88. The highest BCUT2D eigenvalue weighted by Gasteiger charge is 2.60. The first-order chi connectivity index (χ1) is 21.8. The van der Waals surface area contributed by atoms with E-state index < -0.39 is 0 Å². The normalized spacial score (nSPS) is 19.1. The van der Waals surface area contributed by atoms with Crippen LogP contribution in [-0.4, -0.2) is 66.1 Å². The number of carbonyl (C=O) groups excluding carboxylic acids is 1. The van der Waals surface area contributed by atoms with Gasteiger partial charge in [0.2, 0.25) is 0 Å². The lowest BCUT2D eigenvalue weighted by Gasteiger charge is -2.57. The molecule has 2 fully saturated rings. The number of ether oxygens (including phenoxy) is 2. The van der Waals surface area contributed by atoms with E-state index in [-0.39, 0.29) is 23.0 Å². The summed E-state index contributed by atoms with van der Waals surface area (Å²) in [5, 5.41) is 11.2. The van der Waals surface area contributed by atoms with Crippen LogP contribution in [0.2, 0.25) is 0 Å². The molecule has 2 spiro atoms. The van der Waals surface area contributed by atoms with E-state index in [0.717, 1.165) is 89.5 Å². The first-order valence-electron chi connectivity index (χ1n) is 16.3. The van der Waals surface area contributed by atoms with Gasteiger partial charge >= 0.3 is 0 Å². The van der Waals surface area contributed by atoms with Gasteiger partial charge in [0, 0.05) is 79.2 Å². The zero-order valence-corrected chi connectivity index (χ0v) is 26.6. The summed E-state index contributed by atoms with van der Waals surface area (Å²) in [7, 11) is 3.92. The zero-order valence-electron chi connectivity index (χ0n) is 26.6. The van der Waals surface area contributed by atoms with Crippen molar-refractivity contribution in [3.63, 3.8) is 0 Å². The summed E-state index contributed by atoms with van der Waals surface area (Å²) in [4.78, 5) is 23.9. The number of pyridine rings is 1. The number of likely N-dealkylation sites (tertiary alicyclic amines) is 1. The summed E-state index contributed by atoms with van der Waals surface area (Å²) in [6.07, 6.45) is 13.1. The Morgan fingerprint density at radius 3 is 2.64 bits per heavy atom. The predicted octanol–water partition coefficient (Wildman–Crippen LogP) is 5.85. The Hall–Kier alpha value is -4.02. The summed E-state index contributed by atoms with van der Waals surface area (Å²) in [5.74, 6) is 0.149. The number of hydrogen-bond donors (Lipinski definition) is 1. The number of hydrogen-bond acceptors (Lipinski definition) is 6. The number of H-pyrrole nitrogens is 1. The average molecular weight is 608 g/mol. The molecule has 6 heterocycles. The van der Waals surface area contributed by atoms with Crippen molar-refractivity contribution in [1.29, 1.82) is 0 Å². The summed E-state index contributed by atoms with van der Waals surface area (Å²) < 4.78 is 16.4. The molecular weight excluding hydrogens is 566 g/mol. The molecule has 1 amide bonds. The summed E-state index contributed by atoms with van der Waals surface area (Å²) in [6, 6.07) is 6.57. The van der Waals surface area contributed by atoms with E-state index >= 15 is 0 Å². The molecule has 10 nitrogen and oxygen atoms in total. The minimum atomic E-state index is -0.347. The highest BCUT2D eigenvalue weighted by molar-refractivity contribution is 6.06. The van der Waals surface area contributed by atoms with Gasteiger partial charge < -0.3 is 19.4 Å². The molecular formula is C35H41N7O3. The fourth-order valence-corrected chi connectivity index (χ4v) is 8.31. The van der Waals surface area contributed by atoms with Gasteiger partial charge in [-0.2, -0.15) is 10.2 Å². The Morgan fingerprint density at radius 2 is 1.91 bits per heavy atom. The molecule has 1 atom stereocenters. The van der Waals surface area contributed by atoms with E-state index in [4.69, 9.17) is 14.5 Å². The molecule has 5 aromatic rings. The number of nitrogens with zero attached hydrogens (tertiary/aromatic N) is 6. The lowest BCUT2D eigenvalue weighted by Crippen LogP contribution is -2.56. The molecule has 1 saturated heterocycles. The minimum absolute atomic E-state index is 0.149. The quantitative estimate of drug-likeness (QED) is 0.249. The smallest absolute Gasteiger partial charge is 0.251 e. The van der Waals surface area contributed by atoms with Gasteiger partial charge in [-0.25, -0.2) is 4.98 Å². The lowest BCUT2D eigenvalue weighted by molar-refractivity contribution is -0.186. The summed E-state index contributed by atoms with van der Waals surface area (Å²) in [5.41, 5.74) is 8.54. The van der Waals surface area contributed by atoms with Crippen LogP contribution in [-0.2, 0) is 40.6 Å². The largest absolute Gasteiger partial charge is 0.368 e. The van der Waals surface area contributed by atoms with E-state index in [0.29, 0.717) is 19.6 Å². The first kappa shape index (κ1) is 28.5. The second-order valence-corrected chi connectivity index (χ2v) is 13.4. The van der Waals surface area contributed by atoms with Gasteiger partial charge in [0.1, 0.15) is 11.8 Å². The van der Waals surface area contributed by atoms with E-state index in [1.54, 1.807) is 0 Å². The van der Waals surface area contributed by atoms with Crippen molar-refractivity contribution in [1.82, 2.24) is 34.4 Å². The molecule has 45 heavy (non-hydrogen) atoms. The van der Waals surface area contributed by atoms with Crippen molar-refractivity contribution in [2.24, 2.45) is 19.5 Å². The zero-order chi connectivity index (χ0) is 30.9. The number of aromatic amines is 1. The number of nitrogens with one attached hydrogen (secondary N) is 1. The van der Waals surface area contributed by atoms with Crippen LogP contribution in [0.5, 0.6) is 0 Å². The molecule has 0 unspecified atom stereocenters. The molecule has 3 aliphatic rings. The van der Waals surface area contributed by atoms with Crippen LogP contribution >= 0.6 is 0 Å². The van der Waals surface area contributed by atoms with Crippen LogP contribution in [0.4, 0.5) is 0 Å². The SMILES string of the molecule is CCCO[C@H](CC)C(=O)N1CCC2(CC1)CC1(C2)OCc2cnc3[nH]c(-c4cnn(C)c4)c(-c4ccc5c(cnn5C)c4)c3c21. The molecule has 0 bridgehead atoms. The molecule has 1 saturated carbocycles. The second kappa shape index (κ2) is 10.5. The van der Waals surface area contributed by atoms with Crippen molar-refractivity contribution < 1.29 is 14.3 Å². The minimum Gasteiger partial charge on any atom is -0.368 e. The number of piperidine rings is 1. The third-order valence-electron chi connectivity index (χ3n) is 10.5. The van der Waals surface area contributed by atoms with Crippen molar-refractivity contribution in [2.75, 3.05) is 19.7 Å². The Bertz CT molecular complexity index is 1920. The number of aromatic nitrogens is 6.